The number of nitrogens with zero attached hydrogens (tertiary/aromatic N) is 1. The Labute approximate surface area is 136 Å². The molecular formula is C21H29N. The molecule has 2 aromatic rings. The third-order valence-electron chi connectivity index (χ3n) is 4.41. The van der Waals surface area contributed by atoms with Gasteiger partial charge in [-0.2, -0.15) is 0 Å². The van der Waals surface area contributed by atoms with Crippen LogP contribution in [0.3, 0.4) is 0 Å². The van der Waals surface area contributed by atoms with Crippen molar-refractivity contribution in [1.82, 2.24) is 4.90 Å². The molecule has 22 heavy (non-hydrogen) atoms. The van der Waals surface area contributed by atoms with Crippen LogP contribution in [0.5, 0.6) is 0 Å². The van der Waals surface area contributed by atoms with Crippen LogP contribution in [0.4, 0.5) is 0 Å². The average Bonchev–Trinajstić information content (AvgIpc) is 2.52. The van der Waals surface area contributed by atoms with Gasteiger partial charge in [-0.25, -0.2) is 0 Å². The molecule has 1 nitrogen and oxygen atoms in total. The van der Waals surface area contributed by atoms with E-state index in [1.807, 2.05) is 0 Å². The van der Waals surface area contributed by atoms with Crippen molar-refractivity contribution in [2.45, 2.75) is 52.1 Å². The van der Waals surface area contributed by atoms with E-state index >= 15 is 0 Å². The number of hydrogen-bond acceptors (Lipinski definition) is 1. The zero-order valence-electron chi connectivity index (χ0n) is 14.4. The molecule has 1 heteroatoms. The lowest BCUT2D eigenvalue weighted by Gasteiger charge is -2.32. The second kappa shape index (κ2) is 8.14. The smallest absolute Gasteiger partial charge is 0.0101 e. The molecule has 0 unspecified atom stereocenters. The molecular weight excluding hydrogens is 266 g/mol. The van der Waals surface area contributed by atoms with Crippen molar-refractivity contribution in [3.8, 4) is 0 Å². The summed E-state index contributed by atoms with van der Waals surface area (Å²) in [6.45, 7) is 10.3. The van der Waals surface area contributed by atoms with E-state index in [4.69, 9.17) is 0 Å². The molecule has 0 aliphatic heterocycles. The van der Waals surface area contributed by atoms with Crippen molar-refractivity contribution in [1.29, 1.82) is 0 Å². The third kappa shape index (κ3) is 4.45. The molecule has 0 N–H and O–H groups in total. The third-order valence-corrected chi connectivity index (χ3v) is 4.41. The molecule has 2 aromatic carbocycles. The minimum absolute atomic E-state index is 0.474. The monoisotopic (exact) mass is 295 g/mol. The first-order chi connectivity index (χ1) is 10.6. The zero-order chi connectivity index (χ0) is 15.9. The topological polar surface area (TPSA) is 3.24 Å². The van der Waals surface area contributed by atoms with E-state index < -0.39 is 0 Å². The summed E-state index contributed by atoms with van der Waals surface area (Å²) in [6, 6.07) is 23.0. The SMILES string of the molecule is CC(C)N(CCC(c1ccccc1)c1ccccc1)C(C)C. The van der Waals surface area contributed by atoms with E-state index in [-0.39, 0.29) is 0 Å². The van der Waals surface area contributed by atoms with Gasteiger partial charge >= 0.3 is 0 Å². The summed E-state index contributed by atoms with van der Waals surface area (Å²) in [4.78, 5) is 2.58. The van der Waals surface area contributed by atoms with Gasteiger partial charge in [-0.1, -0.05) is 60.7 Å². The van der Waals surface area contributed by atoms with Gasteiger partial charge in [-0.15, -0.1) is 0 Å². The van der Waals surface area contributed by atoms with Gasteiger partial charge in [-0.05, 0) is 51.8 Å². The van der Waals surface area contributed by atoms with E-state index in [9.17, 15) is 0 Å². The zero-order valence-corrected chi connectivity index (χ0v) is 14.4. The van der Waals surface area contributed by atoms with Crippen molar-refractivity contribution in [3.05, 3.63) is 71.8 Å². The fraction of sp³-hybridized carbons (Fsp3) is 0.429. The van der Waals surface area contributed by atoms with Crippen LogP contribution < -0.4 is 0 Å². The van der Waals surface area contributed by atoms with Crippen molar-refractivity contribution < 1.29 is 0 Å². The molecule has 2 rings (SSSR count). The standard InChI is InChI=1S/C21H29N/c1-17(2)22(18(3)4)16-15-21(19-11-7-5-8-12-19)20-13-9-6-10-14-20/h5-14,17-18,21H,15-16H2,1-4H3. The van der Waals surface area contributed by atoms with Crippen LogP contribution in [0.1, 0.15) is 51.2 Å². The van der Waals surface area contributed by atoms with Gasteiger partial charge in [-0.3, -0.25) is 4.90 Å². The molecule has 0 saturated carbocycles. The van der Waals surface area contributed by atoms with Crippen LogP contribution in [0.15, 0.2) is 60.7 Å². The summed E-state index contributed by atoms with van der Waals surface area (Å²) >= 11 is 0. The highest BCUT2D eigenvalue weighted by Gasteiger charge is 2.18. The minimum Gasteiger partial charge on any atom is -0.299 e. The van der Waals surface area contributed by atoms with E-state index in [1.54, 1.807) is 0 Å². The van der Waals surface area contributed by atoms with Gasteiger partial charge in [0.2, 0.25) is 0 Å². The molecule has 0 bridgehead atoms. The Morgan fingerprint density at radius 2 is 1.09 bits per heavy atom. The largest absolute Gasteiger partial charge is 0.299 e. The summed E-state index contributed by atoms with van der Waals surface area (Å²) in [6.07, 6.45) is 1.16. The Hall–Kier alpha value is -1.60. The summed E-state index contributed by atoms with van der Waals surface area (Å²) in [5.74, 6) is 0.474. The normalized spacial score (nSPS) is 11.8. The highest BCUT2D eigenvalue weighted by Crippen LogP contribution is 2.28. The number of hydrogen-bond donors (Lipinski definition) is 0. The highest BCUT2D eigenvalue weighted by molar-refractivity contribution is 5.32. The second-order valence-electron chi connectivity index (χ2n) is 6.59. The van der Waals surface area contributed by atoms with E-state index in [2.05, 4.69) is 93.3 Å². The first-order valence-corrected chi connectivity index (χ1v) is 8.45. The maximum Gasteiger partial charge on any atom is 0.0101 e. The molecule has 0 fully saturated rings. The molecule has 0 radical (unpaired) electrons. The molecule has 0 amide bonds. The van der Waals surface area contributed by atoms with Gasteiger partial charge in [0.15, 0.2) is 0 Å². The van der Waals surface area contributed by atoms with Crippen LogP contribution in [0, 0.1) is 0 Å². The Morgan fingerprint density at radius 3 is 1.45 bits per heavy atom. The first kappa shape index (κ1) is 16.8. The Kier molecular flexibility index (Phi) is 6.21. The highest BCUT2D eigenvalue weighted by atomic mass is 15.2. The van der Waals surface area contributed by atoms with Crippen LogP contribution >= 0.6 is 0 Å². The van der Waals surface area contributed by atoms with Crippen LogP contribution in [0.2, 0.25) is 0 Å². The summed E-state index contributed by atoms with van der Waals surface area (Å²) in [5, 5.41) is 0. The van der Waals surface area contributed by atoms with E-state index in [0.29, 0.717) is 18.0 Å². The van der Waals surface area contributed by atoms with Gasteiger partial charge in [0.1, 0.15) is 0 Å². The summed E-state index contributed by atoms with van der Waals surface area (Å²) in [5.41, 5.74) is 2.84. The molecule has 0 heterocycles. The van der Waals surface area contributed by atoms with Crippen LogP contribution in [0.25, 0.3) is 0 Å². The van der Waals surface area contributed by atoms with Gasteiger partial charge < -0.3 is 0 Å². The summed E-state index contributed by atoms with van der Waals surface area (Å²) < 4.78 is 0. The molecule has 0 aromatic heterocycles. The lowest BCUT2D eigenvalue weighted by Crippen LogP contribution is -2.38. The van der Waals surface area contributed by atoms with Crippen molar-refractivity contribution in [3.63, 3.8) is 0 Å². The number of rotatable bonds is 7. The van der Waals surface area contributed by atoms with Crippen molar-refractivity contribution in [2.75, 3.05) is 6.54 Å². The maximum atomic E-state index is 2.58. The quantitative estimate of drug-likeness (QED) is 0.667. The Bertz CT molecular complexity index is 483. The average molecular weight is 295 g/mol. The first-order valence-electron chi connectivity index (χ1n) is 8.45. The maximum absolute atomic E-state index is 2.58. The number of benzene rings is 2. The van der Waals surface area contributed by atoms with Crippen LogP contribution in [-0.4, -0.2) is 23.5 Å². The van der Waals surface area contributed by atoms with Gasteiger partial charge in [0, 0.05) is 18.0 Å². The Balaban J connectivity index is 2.19. The fourth-order valence-electron chi connectivity index (χ4n) is 3.29. The lowest BCUT2D eigenvalue weighted by atomic mass is 9.88. The lowest BCUT2D eigenvalue weighted by molar-refractivity contribution is 0.170. The van der Waals surface area contributed by atoms with Gasteiger partial charge in [0.25, 0.3) is 0 Å². The van der Waals surface area contributed by atoms with Gasteiger partial charge in [0.05, 0.1) is 0 Å². The molecule has 0 aliphatic rings. The molecule has 0 aliphatic carbocycles. The molecule has 0 spiro atoms. The molecule has 0 saturated heterocycles. The summed E-state index contributed by atoms with van der Waals surface area (Å²) in [7, 11) is 0. The fourth-order valence-corrected chi connectivity index (χ4v) is 3.29. The second-order valence-corrected chi connectivity index (χ2v) is 6.59. The Morgan fingerprint density at radius 1 is 0.682 bits per heavy atom. The van der Waals surface area contributed by atoms with Crippen molar-refractivity contribution >= 4 is 0 Å². The predicted molar refractivity (Wildman–Crippen MR) is 96.3 cm³/mol. The molecule has 0 atom stereocenters. The predicted octanol–water partition coefficient (Wildman–Crippen LogP) is 5.33. The molecule has 118 valence electrons. The van der Waals surface area contributed by atoms with Crippen LogP contribution in [-0.2, 0) is 0 Å². The minimum atomic E-state index is 0.474. The van der Waals surface area contributed by atoms with E-state index in [0.717, 1.165) is 13.0 Å². The van der Waals surface area contributed by atoms with Crippen molar-refractivity contribution in [2.24, 2.45) is 0 Å². The van der Waals surface area contributed by atoms with E-state index in [1.165, 1.54) is 11.1 Å².